The summed E-state index contributed by atoms with van der Waals surface area (Å²) >= 11 is 0. The number of pyridine rings is 1. The summed E-state index contributed by atoms with van der Waals surface area (Å²) in [6.45, 7) is 5.18. The summed E-state index contributed by atoms with van der Waals surface area (Å²) in [4.78, 5) is 25.9. The van der Waals surface area contributed by atoms with Gasteiger partial charge in [-0.25, -0.2) is 0 Å². The van der Waals surface area contributed by atoms with Crippen LogP contribution in [0, 0.1) is 5.92 Å². The number of rotatable bonds is 5. The third-order valence-electron chi connectivity index (χ3n) is 7.14. The molecule has 1 aromatic heterocycles. The van der Waals surface area contributed by atoms with Gasteiger partial charge in [0.25, 0.3) is 5.56 Å². The summed E-state index contributed by atoms with van der Waals surface area (Å²) in [5.74, 6) is -0.0646. The monoisotopic (exact) mass is 442 g/mol. The summed E-state index contributed by atoms with van der Waals surface area (Å²) in [6.07, 6.45) is 0.886. The normalized spacial score (nSPS) is 22.0. The molecular weight excluding hydrogens is 412 g/mol. The smallest absolute Gasteiger partial charge is 0.324 e. The van der Waals surface area contributed by atoms with Gasteiger partial charge in [-0.1, -0.05) is 66.7 Å². The molecule has 2 aliphatic rings. The van der Waals surface area contributed by atoms with Crippen LogP contribution in [-0.2, 0) is 16.1 Å². The van der Waals surface area contributed by atoms with Crippen molar-refractivity contribution < 1.29 is 9.53 Å². The van der Waals surface area contributed by atoms with Crippen LogP contribution in [-0.4, -0.2) is 28.7 Å². The number of hydrogen-bond acceptors (Lipinski definition) is 4. The zero-order chi connectivity index (χ0) is 23.0. The fourth-order valence-electron chi connectivity index (χ4n) is 5.69. The molecule has 3 heterocycles. The number of nitrogens with zero attached hydrogens (tertiary/aromatic N) is 1. The zero-order valence-electron chi connectivity index (χ0n) is 19.1. The highest BCUT2D eigenvalue weighted by Gasteiger charge is 2.43. The molecular formula is C28H30N2O3. The van der Waals surface area contributed by atoms with Crippen molar-refractivity contribution in [2.75, 3.05) is 6.54 Å². The van der Waals surface area contributed by atoms with Gasteiger partial charge in [-0.05, 0) is 37.5 Å². The molecule has 0 amide bonds. The maximum Gasteiger partial charge on any atom is 0.324 e. The van der Waals surface area contributed by atoms with Gasteiger partial charge in [-0.15, -0.1) is 0 Å². The lowest BCUT2D eigenvalue weighted by Gasteiger charge is -2.43. The summed E-state index contributed by atoms with van der Waals surface area (Å²) in [7, 11) is 0. The van der Waals surface area contributed by atoms with E-state index < -0.39 is 11.6 Å². The molecule has 5 heteroatoms. The van der Waals surface area contributed by atoms with Crippen LogP contribution in [0.15, 0.2) is 83.7 Å². The van der Waals surface area contributed by atoms with Gasteiger partial charge in [0.05, 0.1) is 0 Å². The summed E-state index contributed by atoms with van der Waals surface area (Å²) in [5, 5.41) is 3.43. The van der Waals surface area contributed by atoms with Gasteiger partial charge in [0, 0.05) is 42.6 Å². The SMILES string of the molecule is CC(C)(OC(=O)C1NC[C@H]2C[C@@H]1Cn1c2cccc1=O)C(c1ccccc1)c1ccccc1. The first-order valence-electron chi connectivity index (χ1n) is 11.7. The van der Waals surface area contributed by atoms with Crippen molar-refractivity contribution in [1.29, 1.82) is 0 Å². The molecule has 2 aromatic carbocycles. The first kappa shape index (κ1) is 21.7. The third kappa shape index (κ3) is 4.13. The number of carbonyl (C=O) groups excluding carboxylic acids is 1. The minimum absolute atomic E-state index is 0.00441. The van der Waals surface area contributed by atoms with E-state index in [-0.39, 0.29) is 29.3 Å². The maximum atomic E-state index is 13.5. The van der Waals surface area contributed by atoms with Crippen LogP contribution in [0.5, 0.6) is 0 Å². The average molecular weight is 443 g/mol. The molecule has 1 saturated heterocycles. The van der Waals surface area contributed by atoms with Crippen molar-refractivity contribution in [3.63, 3.8) is 0 Å². The molecule has 1 unspecified atom stereocenters. The molecule has 1 fully saturated rings. The summed E-state index contributed by atoms with van der Waals surface area (Å²) in [6, 6.07) is 25.4. The van der Waals surface area contributed by atoms with Gasteiger partial charge < -0.3 is 14.6 Å². The molecule has 2 bridgehead atoms. The molecule has 0 saturated carbocycles. The number of piperidine rings is 1. The maximum absolute atomic E-state index is 13.5. The van der Waals surface area contributed by atoms with Crippen molar-refractivity contribution in [3.8, 4) is 0 Å². The van der Waals surface area contributed by atoms with Crippen LogP contribution in [0.4, 0.5) is 0 Å². The Morgan fingerprint density at radius 1 is 0.970 bits per heavy atom. The molecule has 170 valence electrons. The molecule has 33 heavy (non-hydrogen) atoms. The quantitative estimate of drug-likeness (QED) is 0.605. The zero-order valence-corrected chi connectivity index (χ0v) is 19.1. The second-order valence-electron chi connectivity index (χ2n) is 9.76. The molecule has 0 aliphatic carbocycles. The van der Waals surface area contributed by atoms with Crippen molar-refractivity contribution in [1.82, 2.24) is 9.88 Å². The van der Waals surface area contributed by atoms with E-state index in [0.29, 0.717) is 13.1 Å². The molecule has 1 N–H and O–H groups in total. The Kier molecular flexibility index (Phi) is 5.67. The number of nitrogens with one attached hydrogen (secondary N) is 1. The van der Waals surface area contributed by atoms with Crippen molar-refractivity contribution in [3.05, 3.63) is 106 Å². The lowest BCUT2D eigenvalue weighted by Crippen LogP contribution is -2.56. The molecule has 5 rings (SSSR count). The van der Waals surface area contributed by atoms with E-state index >= 15 is 0 Å². The summed E-state index contributed by atoms with van der Waals surface area (Å²) in [5.41, 5.74) is 2.52. The van der Waals surface area contributed by atoms with E-state index in [9.17, 15) is 9.59 Å². The Morgan fingerprint density at radius 3 is 2.24 bits per heavy atom. The van der Waals surface area contributed by atoms with Gasteiger partial charge in [-0.2, -0.15) is 0 Å². The highest BCUT2D eigenvalue weighted by Crippen LogP contribution is 2.39. The molecule has 2 aliphatic heterocycles. The number of ether oxygens (including phenoxy) is 1. The Hall–Kier alpha value is -3.18. The largest absolute Gasteiger partial charge is 0.457 e. The average Bonchev–Trinajstić information content (AvgIpc) is 2.81. The van der Waals surface area contributed by atoms with E-state index in [4.69, 9.17) is 4.74 Å². The minimum Gasteiger partial charge on any atom is -0.457 e. The van der Waals surface area contributed by atoms with Crippen molar-refractivity contribution in [2.45, 2.75) is 50.3 Å². The van der Waals surface area contributed by atoms with Crippen LogP contribution < -0.4 is 10.9 Å². The van der Waals surface area contributed by atoms with Gasteiger partial charge in [0.1, 0.15) is 11.6 Å². The van der Waals surface area contributed by atoms with Gasteiger partial charge >= 0.3 is 5.97 Å². The van der Waals surface area contributed by atoms with E-state index in [1.54, 1.807) is 6.07 Å². The Bertz CT molecular complexity index is 1150. The Labute approximate surface area is 194 Å². The number of benzene rings is 2. The van der Waals surface area contributed by atoms with E-state index in [0.717, 1.165) is 23.2 Å². The number of hydrogen-bond donors (Lipinski definition) is 1. The first-order valence-corrected chi connectivity index (χ1v) is 11.7. The van der Waals surface area contributed by atoms with Crippen molar-refractivity contribution >= 4 is 5.97 Å². The minimum atomic E-state index is -0.762. The number of aromatic nitrogens is 1. The molecule has 5 nitrogen and oxygen atoms in total. The molecule has 3 atom stereocenters. The second-order valence-corrected chi connectivity index (χ2v) is 9.76. The van der Waals surface area contributed by atoms with Gasteiger partial charge in [0.15, 0.2) is 0 Å². The van der Waals surface area contributed by atoms with E-state index in [1.165, 1.54) is 0 Å². The molecule has 0 radical (unpaired) electrons. The Morgan fingerprint density at radius 2 is 1.61 bits per heavy atom. The molecule has 3 aromatic rings. The van der Waals surface area contributed by atoms with Crippen LogP contribution in [0.1, 0.15) is 48.9 Å². The molecule has 0 spiro atoms. The standard InChI is InChI=1S/C28H30N2O3/c1-28(2,25(19-10-5-3-6-11-19)20-12-7-4-8-13-20)33-27(32)26-22-16-21(17-29-26)23-14-9-15-24(31)30(23)18-22/h3-15,21-22,25-26,29H,16-18H2,1-2H3/t21-,22-,26?/m1/s1. The van der Waals surface area contributed by atoms with Crippen molar-refractivity contribution in [2.24, 2.45) is 5.92 Å². The number of carbonyl (C=O) groups is 1. The van der Waals surface area contributed by atoms with Crippen LogP contribution in [0.2, 0.25) is 0 Å². The number of esters is 1. The lowest BCUT2D eigenvalue weighted by molar-refractivity contribution is -0.163. The van der Waals surface area contributed by atoms with Crippen LogP contribution in [0.3, 0.4) is 0 Å². The van der Waals surface area contributed by atoms with E-state index in [1.807, 2.05) is 66.9 Å². The van der Waals surface area contributed by atoms with Crippen LogP contribution in [0.25, 0.3) is 0 Å². The Balaban J connectivity index is 1.40. The third-order valence-corrected chi connectivity index (χ3v) is 7.14. The predicted octanol–water partition coefficient (Wildman–Crippen LogP) is 4.08. The second kappa shape index (κ2) is 8.64. The predicted molar refractivity (Wildman–Crippen MR) is 128 cm³/mol. The first-order chi connectivity index (χ1) is 15.9. The summed E-state index contributed by atoms with van der Waals surface area (Å²) < 4.78 is 8.10. The van der Waals surface area contributed by atoms with Crippen LogP contribution >= 0.6 is 0 Å². The lowest BCUT2D eigenvalue weighted by atomic mass is 9.78. The highest BCUT2D eigenvalue weighted by molar-refractivity contribution is 5.77. The van der Waals surface area contributed by atoms with Gasteiger partial charge in [-0.3, -0.25) is 9.59 Å². The number of fused-ring (bicyclic) bond motifs is 4. The van der Waals surface area contributed by atoms with E-state index in [2.05, 4.69) is 29.6 Å². The fraction of sp³-hybridized carbons (Fsp3) is 0.357. The fourth-order valence-corrected chi connectivity index (χ4v) is 5.69. The topological polar surface area (TPSA) is 60.3 Å². The highest BCUT2D eigenvalue weighted by atomic mass is 16.6. The van der Waals surface area contributed by atoms with Gasteiger partial charge in [0.2, 0.25) is 0 Å².